The van der Waals surface area contributed by atoms with Crippen molar-refractivity contribution in [2.45, 2.75) is 52.2 Å². The summed E-state index contributed by atoms with van der Waals surface area (Å²) in [4.78, 5) is 6.81. The molecule has 1 fully saturated rings. The van der Waals surface area contributed by atoms with Crippen LogP contribution in [0, 0.1) is 5.92 Å². The Hall–Kier alpha value is -0.940. The Bertz CT molecular complexity index is 376. The Kier molecular flexibility index (Phi) is 4.35. The van der Waals surface area contributed by atoms with Crippen molar-refractivity contribution in [3.05, 3.63) is 11.7 Å². The largest absolute Gasteiger partial charge is 0.393 e. The number of nitrogens with zero attached hydrogens (tertiary/aromatic N) is 3. The summed E-state index contributed by atoms with van der Waals surface area (Å²) in [6.07, 6.45) is 2.10. The smallest absolute Gasteiger partial charge is 0.226 e. The molecule has 18 heavy (non-hydrogen) atoms. The minimum absolute atomic E-state index is 0.418. The van der Waals surface area contributed by atoms with Crippen molar-refractivity contribution in [3.63, 3.8) is 0 Å². The highest BCUT2D eigenvalue weighted by atomic mass is 16.5. The van der Waals surface area contributed by atoms with Crippen LogP contribution in [0.3, 0.4) is 0 Å². The van der Waals surface area contributed by atoms with Gasteiger partial charge in [0.15, 0.2) is 5.82 Å². The zero-order valence-corrected chi connectivity index (χ0v) is 11.5. The number of aromatic nitrogens is 2. The van der Waals surface area contributed by atoms with Crippen LogP contribution in [0.4, 0.5) is 0 Å². The van der Waals surface area contributed by atoms with Crippen LogP contribution in [0.15, 0.2) is 4.52 Å². The van der Waals surface area contributed by atoms with Crippen molar-refractivity contribution in [2.75, 3.05) is 13.1 Å². The van der Waals surface area contributed by atoms with Gasteiger partial charge in [-0.1, -0.05) is 5.16 Å². The first kappa shape index (κ1) is 13.5. The van der Waals surface area contributed by atoms with E-state index in [1.807, 2.05) is 0 Å². The molecule has 1 aromatic heterocycles. The molecule has 1 aliphatic heterocycles. The van der Waals surface area contributed by atoms with Crippen LogP contribution in [-0.2, 0) is 12.8 Å². The molecule has 1 saturated heterocycles. The number of aliphatic hydroxyl groups excluding tert-OH is 1. The number of hydrogen-bond donors (Lipinski definition) is 1. The van der Waals surface area contributed by atoms with Gasteiger partial charge in [0, 0.05) is 25.4 Å². The molecule has 2 rings (SSSR count). The maximum atomic E-state index is 9.27. The first-order chi connectivity index (χ1) is 8.54. The van der Waals surface area contributed by atoms with Crippen molar-refractivity contribution in [1.82, 2.24) is 15.0 Å². The fourth-order valence-electron chi connectivity index (χ4n) is 2.47. The van der Waals surface area contributed by atoms with Gasteiger partial charge < -0.3 is 14.5 Å². The van der Waals surface area contributed by atoms with E-state index in [9.17, 15) is 5.11 Å². The number of hydrogen-bond acceptors (Lipinski definition) is 5. The third-order valence-corrected chi connectivity index (χ3v) is 3.50. The van der Waals surface area contributed by atoms with E-state index in [4.69, 9.17) is 4.52 Å². The predicted octanol–water partition coefficient (Wildman–Crippen LogP) is 1.27. The molecule has 0 spiro atoms. The van der Waals surface area contributed by atoms with Gasteiger partial charge in [0.1, 0.15) is 0 Å². The Balaban J connectivity index is 1.85. The highest BCUT2D eigenvalue weighted by Crippen LogP contribution is 2.21. The molecule has 0 aromatic carbocycles. The quantitative estimate of drug-likeness (QED) is 0.856. The molecule has 0 amide bonds. The van der Waals surface area contributed by atoms with Gasteiger partial charge in [0.25, 0.3) is 0 Å². The van der Waals surface area contributed by atoms with E-state index >= 15 is 0 Å². The van der Waals surface area contributed by atoms with Crippen LogP contribution in [0.25, 0.3) is 0 Å². The summed E-state index contributed by atoms with van der Waals surface area (Å²) in [5.41, 5.74) is 0. The molecule has 1 N–H and O–H groups in total. The molecule has 5 nitrogen and oxygen atoms in total. The van der Waals surface area contributed by atoms with Gasteiger partial charge in [-0.2, -0.15) is 4.98 Å². The van der Waals surface area contributed by atoms with Crippen molar-refractivity contribution in [3.8, 4) is 0 Å². The summed E-state index contributed by atoms with van der Waals surface area (Å²) >= 11 is 0. The third-order valence-electron chi connectivity index (χ3n) is 3.50. The molecule has 2 unspecified atom stereocenters. The zero-order valence-electron chi connectivity index (χ0n) is 11.5. The van der Waals surface area contributed by atoms with Crippen molar-refractivity contribution in [1.29, 1.82) is 0 Å². The van der Waals surface area contributed by atoms with Crippen molar-refractivity contribution < 1.29 is 9.63 Å². The van der Waals surface area contributed by atoms with Crippen LogP contribution >= 0.6 is 0 Å². The van der Waals surface area contributed by atoms with E-state index in [0.29, 0.717) is 30.1 Å². The van der Waals surface area contributed by atoms with Gasteiger partial charge in [-0.25, -0.2) is 0 Å². The van der Waals surface area contributed by atoms with Gasteiger partial charge >= 0.3 is 0 Å². The highest BCUT2D eigenvalue weighted by molar-refractivity contribution is 4.91. The van der Waals surface area contributed by atoms with Crippen LogP contribution in [0.5, 0.6) is 0 Å². The van der Waals surface area contributed by atoms with Crippen molar-refractivity contribution in [2.24, 2.45) is 5.92 Å². The Morgan fingerprint density at radius 2 is 2.22 bits per heavy atom. The van der Waals surface area contributed by atoms with Crippen LogP contribution in [-0.4, -0.2) is 45.4 Å². The van der Waals surface area contributed by atoms with Gasteiger partial charge in [0.2, 0.25) is 5.89 Å². The minimum Gasteiger partial charge on any atom is -0.393 e. The van der Waals surface area contributed by atoms with Crippen LogP contribution in [0.1, 0.15) is 38.9 Å². The van der Waals surface area contributed by atoms with E-state index in [2.05, 4.69) is 28.9 Å². The molecule has 0 bridgehead atoms. The summed E-state index contributed by atoms with van der Waals surface area (Å²) in [6.45, 7) is 8.47. The summed E-state index contributed by atoms with van der Waals surface area (Å²) in [5.74, 6) is 1.94. The van der Waals surface area contributed by atoms with Crippen molar-refractivity contribution >= 4 is 0 Å². The van der Waals surface area contributed by atoms with E-state index in [1.54, 1.807) is 6.92 Å². The molecule has 5 heteroatoms. The maximum Gasteiger partial charge on any atom is 0.226 e. The fraction of sp³-hybridized carbons (Fsp3) is 0.846. The fourth-order valence-corrected chi connectivity index (χ4v) is 2.47. The number of aliphatic hydroxyl groups is 1. The molecular weight excluding hydrogens is 230 g/mol. The Morgan fingerprint density at radius 1 is 1.44 bits per heavy atom. The molecule has 0 saturated carbocycles. The standard InChI is InChI=1S/C13H23N3O2/c1-9(2)16-5-4-11(8-16)7-13-14-12(15-18-13)6-10(3)17/h9-11,17H,4-8H2,1-3H3. The lowest BCUT2D eigenvalue weighted by molar-refractivity contribution is 0.191. The molecule has 102 valence electrons. The topological polar surface area (TPSA) is 62.4 Å². The molecule has 0 radical (unpaired) electrons. The normalized spacial score (nSPS) is 22.8. The lowest BCUT2D eigenvalue weighted by atomic mass is 10.1. The van der Waals surface area contributed by atoms with Gasteiger partial charge in [-0.15, -0.1) is 0 Å². The maximum absolute atomic E-state index is 9.27. The molecule has 0 aliphatic carbocycles. The molecule has 1 aliphatic rings. The first-order valence-electron chi connectivity index (χ1n) is 6.78. The van der Waals surface area contributed by atoms with Gasteiger partial charge in [-0.05, 0) is 39.7 Å². The lowest BCUT2D eigenvalue weighted by Gasteiger charge is -2.19. The molecular formula is C13H23N3O2. The molecule has 2 heterocycles. The monoisotopic (exact) mass is 253 g/mol. The summed E-state index contributed by atoms with van der Waals surface area (Å²) in [6, 6.07) is 0.614. The van der Waals surface area contributed by atoms with Crippen LogP contribution < -0.4 is 0 Å². The van der Waals surface area contributed by atoms with E-state index in [0.717, 1.165) is 19.5 Å². The summed E-state index contributed by atoms with van der Waals surface area (Å²) in [5, 5.41) is 13.2. The zero-order chi connectivity index (χ0) is 13.1. The molecule has 2 atom stereocenters. The van der Waals surface area contributed by atoms with E-state index in [1.165, 1.54) is 6.42 Å². The van der Waals surface area contributed by atoms with E-state index < -0.39 is 6.10 Å². The first-order valence-corrected chi connectivity index (χ1v) is 6.78. The Morgan fingerprint density at radius 3 is 2.83 bits per heavy atom. The van der Waals surface area contributed by atoms with Gasteiger partial charge in [-0.3, -0.25) is 0 Å². The third kappa shape index (κ3) is 3.53. The highest BCUT2D eigenvalue weighted by Gasteiger charge is 2.26. The average Bonchev–Trinajstić information content (AvgIpc) is 2.88. The lowest BCUT2D eigenvalue weighted by Crippen LogP contribution is -2.28. The molecule has 1 aromatic rings. The minimum atomic E-state index is -0.418. The van der Waals surface area contributed by atoms with Gasteiger partial charge in [0.05, 0.1) is 6.10 Å². The van der Waals surface area contributed by atoms with Crippen LogP contribution in [0.2, 0.25) is 0 Å². The summed E-state index contributed by atoms with van der Waals surface area (Å²) in [7, 11) is 0. The number of likely N-dealkylation sites (tertiary alicyclic amines) is 1. The average molecular weight is 253 g/mol. The number of rotatable bonds is 5. The Labute approximate surface area is 108 Å². The predicted molar refractivity (Wildman–Crippen MR) is 68.2 cm³/mol. The SMILES string of the molecule is CC(O)Cc1noc(CC2CCN(C(C)C)C2)n1. The second-order valence-electron chi connectivity index (χ2n) is 5.60. The second-order valence-corrected chi connectivity index (χ2v) is 5.60. The van der Waals surface area contributed by atoms with E-state index in [-0.39, 0.29) is 0 Å². The second kappa shape index (κ2) is 5.80. The summed E-state index contributed by atoms with van der Waals surface area (Å²) < 4.78 is 5.23.